The summed E-state index contributed by atoms with van der Waals surface area (Å²) in [5, 5.41) is 1.13. The lowest BCUT2D eigenvalue weighted by molar-refractivity contribution is 0.184. The van der Waals surface area contributed by atoms with Gasteiger partial charge in [0.15, 0.2) is 0 Å². The van der Waals surface area contributed by atoms with Crippen LogP contribution in [0.3, 0.4) is 0 Å². The Bertz CT molecular complexity index is 891. The first-order chi connectivity index (χ1) is 12.8. The maximum Gasteiger partial charge on any atom is 0.218 e. The van der Waals surface area contributed by atoms with Crippen molar-refractivity contribution in [3.8, 4) is 5.88 Å². The van der Waals surface area contributed by atoms with Crippen LogP contribution in [0.2, 0.25) is 0 Å². The van der Waals surface area contributed by atoms with Crippen molar-refractivity contribution in [3.05, 3.63) is 70.2 Å². The molecule has 4 rings (SSSR count). The van der Waals surface area contributed by atoms with E-state index in [9.17, 15) is 0 Å². The lowest BCUT2D eigenvalue weighted by atomic mass is 9.94. The first-order valence-corrected chi connectivity index (χ1v) is 9.99. The summed E-state index contributed by atoms with van der Waals surface area (Å²) >= 11 is 3.58. The molecule has 3 nitrogen and oxygen atoms in total. The number of methoxy groups -OCH3 is 1. The second kappa shape index (κ2) is 7.77. The van der Waals surface area contributed by atoms with E-state index in [0.29, 0.717) is 0 Å². The Kier molecular flexibility index (Phi) is 5.23. The van der Waals surface area contributed by atoms with Crippen LogP contribution in [0.1, 0.15) is 36.4 Å². The van der Waals surface area contributed by atoms with Crippen molar-refractivity contribution in [2.24, 2.45) is 0 Å². The molecule has 1 saturated heterocycles. The average Bonchev–Trinajstić information content (AvgIpc) is 2.69. The third-order valence-electron chi connectivity index (χ3n) is 5.13. The molecule has 1 atom stereocenters. The van der Waals surface area contributed by atoms with Gasteiger partial charge in [-0.3, -0.25) is 4.90 Å². The van der Waals surface area contributed by atoms with E-state index in [4.69, 9.17) is 9.72 Å². The number of rotatable bonds is 4. The molecule has 0 spiro atoms. The smallest absolute Gasteiger partial charge is 0.218 e. The van der Waals surface area contributed by atoms with E-state index in [1.807, 2.05) is 12.1 Å². The Morgan fingerprint density at radius 3 is 2.50 bits per heavy atom. The summed E-state index contributed by atoms with van der Waals surface area (Å²) in [5.41, 5.74) is 3.40. The zero-order chi connectivity index (χ0) is 17.9. The quantitative estimate of drug-likeness (QED) is 0.560. The monoisotopic (exact) mass is 410 g/mol. The second-order valence-electron chi connectivity index (χ2n) is 6.83. The Hall–Kier alpha value is -1.91. The van der Waals surface area contributed by atoms with Gasteiger partial charge in [0.2, 0.25) is 5.88 Å². The second-order valence-corrected chi connectivity index (χ2v) is 7.75. The third-order valence-corrected chi connectivity index (χ3v) is 5.62. The van der Waals surface area contributed by atoms with Gasteiger partial charge in [-0.2, -0.15) is 0 Å². The molecule has 1 fully saturated rings. The van der Waals surface area contributed by atoms with Gasteiger partial charge in [0.1, 0.15) is 0 Å². The van der Waals surface area contributed by atoms with Gasteiger partial charge in [-0.1, -0.05) is 52.7 Å². The minimum Gasteiger partial charge on any atom is -0.481 e. The summed E-state index contributed by atoms with van der Waals surface area (Å²) in [5.74, 6) is 0.722. The number of hydrogen-bond donors (Lipinski definition) is 0. The topological polar surface area (TPSA) is 25.4 Å². The maximum atomic E-state index is 5.73. The fourth-order valence-corrected chi connectivity index (χ4v) is 4.28. The molecule has 2 aromatic carbocycles. The molecule has 134 valence electrons. The summed E-state index contributed by atoms with van der Waals surface area (Å²) in [6, 6.07) is 19.3. The van der Waals surface area contributed by atoms with Crippen molar-refractivity contribution in [1.82, 2.24) is 9.88 Å². The van der Waals surface area contributed by atoms with Gasteiger partial charge >= 0.3 is 0 Å². The highest BCUT2D eigenvalue weighted by molar-refractivity contribution is 9.10. The van der Waals surface area contributed by atoms with Crippen molar-refractivity contribution in [2.45, 2.75) is 25.3 Å². The van der Waals surface area contributed by atoms with Gasteiger partial charge in [0.05, 0.1) is 18.7 Å². The third kappa shape index (κ3) is 3.49. The molecule has 0 bridgehead atoms. The SMILES string of the molecule is COc1nc2ccc(Br)cc2cc1C(c1ccccc1)N1CCCCC1. The number of nitrogens with zero attached hydrogens (tertiary/aromatic N) is 2. The van der Waals surface area contributed by atoms with Crippen molar-refractivity contribution in [2.75, 3.05) is 20.2 Å². The van der Waals surface area contributed by atoms with Gasteiger partial charge in [-0.25, -0.2) is 4.98 Å². The maximum absolute atomic E-state index is 5.73. The molecule has 3 aromatic rings. The molecule has 1 aliphatic rings. The Balaban J connectivity index is 1.88. The van der Waals surface area contributed by atoms with Crippen molar-refractivity contribution >= 4 is 26.8 Å². The van der Waals surface area contributed by atoms with E-state index in [0.717, 1.165) is 39.9 Å². The van der Waals surface area contributed by atoms with E-state index in [1.54, 1.807) is 7.11 Å². The summed E-state index contributed by atoms with van der Waals surface area (Å²) in [6.07, 6.45) is 3.81. The van der Waals surface area contributed by atoms with Crippen LogP contribution in [-0.4, -0.2) is 30.1 Å². The minimum absolute atomic E-state index is 0.169. The van der Waals surface area contributed by atoms with Crippen LogP contribution in [0.5, 0.6) is 5.88 Å². The van der Waals surface area contributed by atoms with E-state index < -0.39 is 0 Å². The molecule has 0 saturated carbocycles. The first-order valence-electron chi connectivity index (χ1n) is 9.19. The number of halogens is 1. The zero-order valence-electron chi connectivity index (χ0n) is 15.0. The zero-order valence-corrected chi connectivity index (χ0v) is 16.6. The first kappa shape index (κ1) is 17.5. The largest absolute Gasteiger partial charge is 0.481 e. The molecule has 1 aromatic heterocycles. The molecule has 26 heavy (non-hydrogen) atoms. The van der Waals surface area contributed by atoms with Crippen molar-refractivity contribution in [3.63, 3.8) is 0 Å². The van der Waals surface area contributed by atoms with Crippen LogP contribution >= 0.6 is 15.9 Å². The number of pyridine rings is 1. The summed E-state index contributed by atoms with van der Waals surface area (Å²) in [4.78, 5) is 7.38. The molecule has 0 N–H and O–H groups in total. The number of hydrogen-bond acceptors (Lipinski definition) is 3. The predicted octanol–water partition coefficient (Wildman–Crippen LogP) is 5.58. The van der Waals surface area contributed by atoms with E-state index >= 15 is 0 Å². The van der Waals surface area contributed by atoms with Crippen LogP contribution in [0, 0.1) is 0 Å². The standard InChI is InChI=1S/C22H23BrN2O/c1-26-22-19(15-17-14-18(23)10-11-20(17)24-22)21(16-8-4-2-5-9-16)25-12-6-3-7-13-25/h2,4-5,8-11,14-15,21H,3,6-7,12-13H2,1H3. The van der Waals surface area contributed by atoms with Gasteiger partial charge < -0.3 is 4.74 Å². The van der Waals surface area contributed by atoms with Crippen LogP contribution in [0.4, 0.5) is 0 Å². The van der Waals surface area contributed by atoms with Gasteiger partial charge in [-0.15, -0.1) is 0 Å². The fraction of sp³-hybridized carbons (Fsp3) is 0.318. The van der Waals surface area contributed by atoms with Crippen LogP contribution in [-0.2, 0) is 0 Å². The molecule has 1 aliphatic heterocycles. The fourth-order valence-electron chi connectivity index (χ4n) is 3.90. The molecular formula is C22H23BrN2O. The Morgan fingerprint density at radius 2 is 1.77 bits per heavy atom. The minimum atomic E-state index is 0.169. The number of ether oxygens (including phenoxy) is 1. The van der Waals surface area contributed by atoms with Gasteiger partial charge in [0, 0.05) is 15.4 Å². The van der Waals surface area contributed by atoms with Gasteiger partial charge in [0.25, 0.3) is 0 Å². The molecule has 0 amide bonds. The Labute approximate surface area is 163 Å². The molecule has 1 unspecified atom stereocenters. The van der Waals surface area contributed by atoms with Crippen LogP contribution in [0.25, 0.3) is 10.9 Å². The highest BCUT2D eigenvalue weighted by Crippen LogP contribution is 2.37. The van der Waals surface area contributed by atoms with Crippen molar-refractivity contribution < 1.29 is 4.74 Å². The van der Waals surface area contributed by atoms with E-state index in [-0.39, 0.29) is 6.04 Å². The van der Waals surface area contributed by atoms with Crippen LogP contribution < -0.4 is 4.74 Å². The summed E-state index contributed by atoms with van der Waals surface area (Å²) in [6.45, 7) is 2.22. The highest BCUT2D eigenvalue weighted by Gasteiger charge is 2.27. The summed E-state index contributed by atoms with van der Waals surface area (Å²) in [7, 11) is 1.72. The summed E-state index contributed by atoms with van der Waals surface area (Å²) < 4.78 is 6.79. The Morgan fingerprint density at radius 1 is 1.00 bits per heavy atom. The lowest BCUT2D eigenvalue weighted by Crippen LogP contribution is -2.34. The molecular weight excluding hydrogens is 388 g/mol. The van der Waals surface area contributed by atoms with Crippen molar-refractivity contribution in [1.29, 1.82) is 0 Å². The molecule has 0 aliphatic carbocycles. The number of likely N-dealkylation sites (tertiary alicyclic amines) is 1. The average molecular weight is 411 g/mol. The van der Waals surface area contributed by atoms with E-state index in [2.05, 4.69) is 63.3 Å². The molecule has 0 radical (unpaired) electrons. The molecule has 2 heterocycles. The molecule has 4 heteroatoms. The van der Waals surface area contributed by atoms with E-state index in [1.165, 1.54) is 24.8 Å². The number of piperidine rings is 1. The number of aromatic nitrogens is 1. The lowest BCUT2D eigenvalue weighted by Gasteiger charge is -2.35. The predicted molar refractivity (Wildman–Crippen MR) is 110 cm³/mol. The number of fused-ring (bicyclic) bond motifs is 1. The highest BCUT2D eigenvalue weighted by atomic mass is 79.9. The van der Waals surface area contributed by atoms with Gasteiger partial charge in [-0.05, 0) is 55.8 Å². The number of benzene rings is 2. The normalized spacial score (nSPS) is 16.5. The van der Waals surface area contributed by atoms with Crippen LogP contribution in [0.15, 0.2) is 59.1 Å².